The Labute approximate surface area is 115 Å². The van der Waals surface area contributed by atoms with Gasteiger partial charge in [0, 0.05) is 18.5 Å². The molecule has 3 nitrogen and oxygen atoms in total. The first-order chi connectivity index (χ1) is 9.33. The van der Waals surface area contributed by atoms with Gasteiger partial charge in [0.1, 0.15) is 5.82 Å². The number of hydrogen-bond donors (Lipinski definition) is 1. The fraction of sp³-hybridized carbons (Fsp3) is 0.812. The van der Waals surface area contributed by atoms with Crippen LogP contribution in [0.5, 0.6) is 0 Å². The number of rotatable bonds is 2. The Morgan fingerprint density at radius 3 is 2.74 bits per heavy atom. The first-order valence-electron chi connectivity index (χ1n) is 8.16. The predicted molar refractivity (Wildman–Crippen MR) is 77.5 cm³/mol. The van der Waals surface area contributed by atoms with Gasteiger partial charge in [-0.15, -0.1) is 0 Å². The molecule has 1 aliphatic heterocycles. The van der Waals surface area contributed by atoms with E-state index in [9.17, 15) is 0 Å². The Kier molecular flexibility index (Phi) is 2.82. The molecule has 3 aliphatic rings. The van der Waals surface area contributed by atoms with Crippen molar-refractivity contribution in [3.63, 3.8) is 0 Å². The van der Waals surface area contributed by atoms with Gasteiger partial charge in [-0.2, -0.15) is 5.10 Å². The summed E-state index contributed by atoms with van der Waals surface area (Å²) in [5.41, 5.74) is 1.35. The molecule has 0 radical (unpaired) electrons. The third-order valence-electron chi connectivity index (χ3n) is 5.50. The molecule has 3 heteroatoms. The lowest BCUT2D eigenvalue weighted by Crippen LogP contribution is -2.30. The van der Waals surface area contributed by atoms with Crippen LogP contribution < -0.4 is 5.32 Å². The molecule has 4 rings (SSSR count). The van der Waals surface area contributed by atoms with E-state index in [2.05, 4.69) is 23.0 Å². The zero-order valence-corrected chi connectivity index (χ0v) is 11.9. The largest absolute Gasteiger partial charge is 0.370 e. The summed E-state index contributed by atoms with van der Waals surface area (Å²) >= 11 is 0. The van der Waals surface area contributed by atoms with E-state index >= 15 is 0 Å². The van der Waals surface area contributed by atoms with Gasteiger partial charge in [0.25, 0.3) is 0 Å². The lowest BCUT2D eigenvalue weighted by molar-refractivity contribution is 0.222. The van der Waals surface area contributed by atoms with Crippen LogP contribution in [0.15, 0.2) is 6.07 Å². The zero-order chi connectivity index (χ0) is 12.8. The van der Waals surface area contributed by atoms with Crippen molar-refractivity contribution in [2.24, 2.45) is 11.8 Å². The Morgan fingerprint density at radius 1 is 1.21 bits per heavy atom. The molecule has 2 aliphatic carbocycles. The standard InChI is InChI=1S/C16H25N3/c1-11-9-13(11)14-10-16-17-8-7-15(19(16)18-14)12-5-3-2-4-6-12/h10-13,15,17H,2-9H2,1H3. The summed E-state index contributed by atoms with van der Waals surface area (Å²) in [6.45, 7) is 3.47. The second-order valence-corrected chi connectivity index (χ2v) is 6.90. The highest BCUT2D eigenvalue weighted by molar-refractivity contribution is 5.41. The Bertz CT molecular complexity index is 459. The fourth-order valence-electron chi connectivity index (χ4n) is 4.14. The Balaban J connectivity index is 1.60. The topological polar surface area (TPSA) is 29.9 Å². The van der Waals surface area contributed by atoms with Crippen LogP contribution in [0.25, 0.3) is 0 Å². The van der Waals surface area contributed by atoms with E-state index in [1.807, 2.05) is 0 Å². The molecule has 1 aromatic rings. The minimum absolute atomic E-state index is 0.666. The monoisotopic (exact) mass is 259 g/mol. The van der Waals surface area contributed by atoms with E-state index in [-0.39, 0.29) is 0 Å². The maximum atomic E-state index is 4.97. The van der Waals surface area contributed by atoms with Gasteiger partial charge in [0.2, 0.25) is 0 Å². The molecule has 0 saturated heterocycles. The van der Waals surface area contributed by atoms with E-state index in [4.69, 9.17) is 5.10 Å². The van der Waals surface area contributed by atoms with Crippen LogP contribution >= 0.6 is 0 Å². The van der Waals surface area contributed by atoms with Crippen LogP contribution in [-0.2, 0) is 0 Å². The second kappa shape index (κ2) is 4.53. The first kappa shape index (κ1) is 11.8. The van der Waals surface area contributed by atoms with E-state index in [0.29, 0.717) is 6.04 Å². The third-order valence-corrected chi connectivity index (χ3v) is 5.50. The molecule has 1 N–H and O–H groups in total. The maximum Gasteiger partial charge on any atom is 0.124 e. The number of hydrogen-bond acceptors (Lipinski definition) is 2. The van der Waals surface area contributed by atoms with Gasteiger partial charge in [0.05, 0.1) is 11.7 Å². The molecule has 0 aromatic carbocycles. The number of fused-ring (bicyclic) bond motifs is 1. The van der Waals surface area contributed by atoms with Crippen LogP contribution in [0, 0.1) is 11.8 Å². The summed E-state index contributed by atoms with van der Waals surface area (Å²) in [5.74, 6) is 3.76. The summed E-state index contributed by atoms with van der Waals surface area (Å²) in [5, 5.41) is 8.52. The van der Waals surface area contributed by atoms with Crippen molar-refractivity contribution in [3.8, 4) is 0 Å². The smallest absolute Gasteiger partial charge is 0.124 e. The lowest BCUT2D eigenvalue weighted by atomic mass is 9.82. The van der Waals surface area contributed by atoms with Crippen molar-refractivity contribution < 1.29 is 0 Å². The quantitative estimate of drug-likeness (QED) is 0.871. The van der Waals surface area contributed by atoms with Crippen molar-refractivity contribution in [1.29, 1.82) is 0 Å². The minimum Gasteiger partial charge on any atom is -0.370 e. The molecular formula is C16H25N3. The molecule has 2 heterocycles. The molecule has 19 heavy (non-hydrogen) atoms. The average molecular weight is 259 g/mol. The Morgan fingerprint density at radius 2 is 2.00 bits per heavy atom. The molecule has 1 aromatic heterocycles. The van der Waals surface area contributed by atoms with Crippen molar-refractivity contribution >= 4 is 5.82 Å². The van der Waals surface area contributed by atoms with Crippen LogP contribution in [0.2, 0.25) is 0 Å². The highest BCUT2D eigenvalue weighted by Gasteiger charge is 2.38. The van der Waals surface area contributed by atoms with Crippen molar-refractivity contribution in [3.05, 3.63) is 11.8 Å². The van der Waals surface area contributed by atoms with Crippen LogP contribution in [-0.4, -0.2) is 16.3 Å². The first-order valence-corrected chi connectivity index (χ1v) is 8.16. The normalized spacial score (nSPS) is 34.7. The van der Waals surface area contributed by atoms with Gasteiger partial charge in [-0.05, 0) is 37.5 Å². The van der Waals surface area contributed by atoms with E-state index < -0.39 is 0 Å². The summed E-state index contributed by atoms with van der Waals surface area (Å²) in [6, 6.07) is 2.99. The molecule has 2 fully saturated rings. The fourth-order valence-corrected chi connectivity index (χ4v) is 4.14. The summed E-state index contributed by atoms with van der Waals surface area (Å²) in [7, 11) is 0. The lowest BCUT2D eigenvalue weighted by Gasteiger charge is -2.34. The van der Waals surface area contributed by atoms with Gasteiger partial charge in [-0.25, -0.2) is 4.68 Å². The predicted octanol–water partition coefficient (Wildman–Crippen LogP) is 3.94. The molecular weight excluding hydrogens is 234 g/mol. The molecule has 3 atom stereocenters. The molecule has 3 unspecified atom stereocenters. The van der Waals surface area contributed by atoms with Crippen LogP contribution in [0.4, 0.5) is 5.82 Å². The van der Waals surface area contributed by atoms with Gasteiger partial charge < -0.3 is 5.32 Å². The summed E-state index contributed by atoms with van der Waals surface area (Å²) < 4.78 is 2.35. The highest BCUT2D eigenvalue weighted by Crippen LogP contribution is 2.48. The number of nitrogens with one attached hydrogen (secondary N) is 1. The summed E-state index contributed by atoms with van der Waals surface area (Å²) in [6.07, 6.45) is 9.73. The molecule has 0 amide bonds. The van der Waals surface area contributed by atoms with Gasteiger partial charge in [0.15, 0.2) is 0 Å². The molecule has 0 spiro atoms. The minimum atomic E-state index is 0.666. The van der Waals surface area contributed by atoms with E-state index in [0.717, 1.165) is 24.3 Å². The second-order valence-electron chi connectivity index (χ2n) is 6.90. The van der Waals surface area contributed by atoms with Crippen molar-refractivity contribution in [2.75, 3.05) is 11.9 Å². The SMILES string of the molecule is CC1CC1c1cc2n(n1)C(C1CCCCC1)CCN2. The zero-order valence-electron chi connectivity index (χ0n) is 11.9. The van der Waals surface area contributed by atoms with Crippen LogP contribution in [0.3, 0.4) is 0 Å². The number of anilines is 1. The van der Waals surface area contributed by atoms with Crippen molar-refractivity contribution in [2.45, 2.75) is 63.8 Å². The Hall–Kier alpha value is -0.990. The van der Waals surface area contributed by atoms with Gasteiger partial charge in [-0.1, -0.05) is 26.2 Å². The molecule has 104 valence electrons. The molecule has 0 bridgehead atoms. The van der Waals surface area contributed by atoms with E-state index in [1.54, 1.807) is 0 Å². The summed E-state index contributed by atoms with van der Waals surface area (Å²) in [4.78, 5) is 0. The third kappa shape index (κ3) is 2.07. The average Bonchev–Trinajstić information content (AvgIpc) is 3.02. The highest BCUT2D eigenvalue weighted by atomic mass is 15.4. The number of nitrogens with zero attached hydrogens (tertiary/aromatic N) is 2. The molecule has 2 saturated carbocycles. The van der Waals surface area contributed by atoms with Gasteiger partial charge >= 0.3 is 0 Å². The van der Waals surface area contributed by atoms with Crippen molar-refractivity contribution in [1.82, 2.24) is 9.78 Å². The van der Waals surface area contributed by atoms with Gasteiger partial charge in [-0.3, -0.25) is 0 Å². The maximum absolute atomic E-state index is 4.97. The van der Waals surface area contributed by atoms with Crippen LogP contribution in [0.1, 0.15) is 69.5 Å². The number of aromatic nitrogens is 2. The van der Waals surface area contributed by atoms with E-state index in [1.165, 1.54) is 56.5 Å².